The van der Waals surface area contributed by atoms with Gasteiger partial charge >= 0.3 is 0 Å². The molecule has 0 saturated heterocycles. The molecule has 2 atom stereocenters. The van der Waals surface area contributed by atoms with Crippen molar-refractivity contribution in [2.45, 2.75) is 25.3 Å². The minimum Gasteiger partial charge on any atom is -0.493 e. The minimum absolute atomic E-state index is 0.216. The zero-order valence-electron chi connectivity index (χ0n) is 12.2. The van der Waals surface area contributed by atoms with E-state index in [1.807, 2.05) is 18.2 Å². The van der Waals surface area contributed by atoms with E-state index in [1.165, 1.54) is 11.1 Å². The molecule has 3 rings (SSSR count). The highest BCUT2D eigenvalue weighted by atomic mass is 35.5. The molecule has 2 aromatic carbocycles. The Kier molecular flexibility index (Phi) is 4.47. The van der Waals surface area contributed by atoms with E-state index in [9.17, 15) is 0 Å². The third-order valence-corrected chi connectivity index (χ3v) is 4.42. The molecule has 0 bridgehead atoms. The molecule has 21 heavy (non-hydrogen) atoms. The van der Waals surface area contributed by atoms with Crippen LogP contribution in [0.5, 0.6) is 5.75 Å². The van der Waals surface area contributed by atoms with Crippen LogP contribution in [0, 0.1) is 0 Å². The molecule has 110 valence electrons. The van der Waals surface area contributed by atoms with E-state index in [1.54, 1.807) is 0 Å². The van der Waals surface area contributed by atoms with E-state index in [2.05, 4.69) is 42.6 Å². The molecule has 1 heterocycles. The first-order valence-electron chi connectivity index (χ1n) is 7.50. The summed E-state index contributed by atoms with van der Waals surface area (Å²) in [5.74, 6) is 1.39. The molecule has 3 heteroatoms. The molecule has 0 fully saturated rings. The zero-order chi connectivity index (χ0) is 14.7. The lowest BCUT2D eigenvalue weighted by atomic mass is 9.83. The normalized spacial score (nSPS) is 18.7. The van der Waals surface area contributed by atoms with Gasteiger partial charge < -0.3 is 10.1 Å². The summed E-state index contributed by atoms with van der Waals surface area (Å²) in [5.41, 5.74) is 2.44. The Morgan fingerprint density at radius 3 is 2.76 bits per heavy atom. The largest absolute Gasteiger partial charge is 0.493 e. The van der Waals surface area contributed by atoms with Crippen LogP contribution in [-0.4, -0.2) is 13.2 Å². The van der Waals surface area contributed by atoms with Gasteiger partial charge in [-0.3, -0.25) is 0 Å². The molecule has 0 saturated carbocycles. The number of rotatable bonds is 4. The Morgan fingerprint density at radius 1 is 1.19 bits per heavy atom. The summed E-state index contributed by atoms with van der Waals surface area (Å²) in [5, 5.41) is 4.44. The van der Waals surface area contributed by atoms with Crippen LogP contribution in [0.15, 0.2) is 48.5 Å². The van der Waals surface area contributed by atoms with Crippen LogP contribution in [-0.2, 0) is 0 Å². The molecule has 0 spiro atoms. The number of fused-ring (bicyclic) bond motifs is 1. The van der Waals surface area contributed by atoms with Crippen LogP contribution < -0.4 is 10.1 Å². The SMILES string of the molecule is CCNC(c1ccccc1Cl)C1CCOc2ccccc21. The second-order valence-electron chi connectivity index (χ2n) is 5.34. The molecule has 0 radical (unpaired) electrons. The van der Waals surface area contributed by atoms with Crippen LogP contribution in [0.25, 0.3) is 0 Å². The lowest BCUT2D eigenvalue weighted by Crippen LogP contribution is -2.30. The molecular weight excluding hydrogens is 282 g/mol. The first-order chi connectivity index (χ1) is 10.3. The van der Waals surface area contributed by atoms with Gasteiger partial charge in [0.05, 0.1) is 6.61 Å². The van der Waals surface area contributed by atoms with Crippen molar-refractivity contribution in [3.63, 3.8) is 0 Å². The lowest BCUT2D eigenvalue weighted by Gasteiger charge is -2.33. The summed E-state index contributed by atoms with van der Waals surface area (Å²) in [6, 6.07) is 16.7. The maximum absolute atomic E-state index is 6.43. The molecule has 2 unspecified atom stereocenters. The predicted octanol–water partition coefficient (Wildman–Crippen LogP) is 4.56. The highest BCUT2D eigenvalue weighted by Crippen LogP contribution is 2.42. The lowest BCUT2D eigenvalue weighted by molar-refractivity contribution is 0.246. The van der Waals surface area contributed by atoms with Crippen molar-refractivity contribution in [1.29, 1.82) is 0 Å². The molecule has 0 aliphatic carbocycles. The summed E-state index contributed by atoms with van der Waals surface area (Å²) >= 11 is 6.43. The first-order valence-corrected chi connectivity index (χ1v) is 7.88. The number of hydrogen-bond donors (Lipinski definition) is 1. The van der Waals surface area contributed by atoms with Crippen LogP contribution in [0.4, 0.5) is 0 Å². The van der Waals surface area contributed by atoms with Crippen LogP contribution in [0.3, 0.4) is 0 Å². The second kappa shape index (κ2) is 6.50. The third-order valence-electron chi connectivity index (χ3n) is 4.07. The average Bonchev–Trinajstić information content (AvgIpc) is 2.53. The molecule has 2 aromatic rings. The Morgan fingerprint density at radius 2 is 1.95 bits per heavy atom. The van der Waals surface area contributed by atoms with E-state index < -0.39 is 0 Å². The standard InChI is InChI=1S/C18H20ClNO/c1-2-20-18(15-8-3-5-9-16(15)19)14-11-12-21-17-10-6-4-7-13(14)17/h3-10,14,18,20H,2,11-12H2,1H3. The fourth-order valence-electron chi connectivity index (χ4n) is 3.13. The van der Waals surface area contributed by atoms with Gasteiger partial charge in [-0.05, 0) is 36.2 Å². The van der Waals surface area contributed by atoms with Crippen molar-refractivity contribution in [2.24, 2.45) is 0 Å². The number of likely N-dealkylation sites (N-methyl/N-ethyl adjacent to an activating group) is 1. The summed E-state index contributed by atoms with van der Waals surface area (Å²) in [7, 11) is 0. The summed E-state index contributed by atoms with van der Waals surface area (Å²) < 4.78 is 5.79. The molecular formula is C18H20ClNO. The van der Waals surface area contributed by atoms with E-state index in [-0.39, 0.29) is 6.04 Å². The van der Waals surface area contributed by atoms with Crippen molar-refractivity contribution in [3.05, 3.63) is 64.7 Å². The average molecular weight is 302 g/mol. The topological polar surface area (TPSA) is 21.3 Å². The maximum atomic E-state index is 6.43. The third kappa shape index (κ3) is 2.92. The molecule has 1 N–H and O–H groups in total. The van der Waals surface area contributed by atoms with Gasteiger partial charge in [0.1, 0.15) is 5.75 Å². The Labute approximate surface area is 131 Å². The first kappa shape index (κ1) is 14.4. The van der Waals surface area contributed by atoms with Crippen molar-refractivity contribution >= 4 is 11.6 Å². The van der Waals surface area contributed by atoms with Crippen LogP contribution >= 0.6 is 11.6 Å². The van der Waals surface area contributed by atoms with Gasteiger partial charge in [0.25, 0.3) is 0 Å². The van der Waals surface area contributed by atoms with E-state index in [0.717, 1.165) is 30.3 Å². The Hall–Kier alpha value is -1.51. The fourth-order valence-corrected chi connectivity index (χ4v) is 3.39. The van der Waals surface area contributed by atoms with Crippen molar-refractivity contribution in [1.82, 2.24) is 5.32 Å². The molecule has 1 aliphatic heterocycles. The zero-order valence-corrected chi connectivity index (χ0v) is 12.9. The molecule has 0 aromatic heterocycles. The van der Waals surface area contributed by atoms with Gasteiger partial charge in [-0.1, -0.05) is 54.9 Å². The number of nitrogens with one attached hydrogen (secondary N) is 1. The quantitative estimate of drug-likeness (QED) is 0.894. The summed E-state index contributed by atoms with van der Waals surface area (Å²) in [6.07, 6.45) is 1.000. The summed E-state index contributed by atoms with van der Waals surface area (Å²) in [6.45, 7) is 3.80. The second-order valence-corrected chi connectivity index (χ2v) is 5.75. The highest BCUT2D eigenvalue weighted by molar-refractivity contribution is 6.31. The fraction of sp³-hybridized carbons (Fsp3) is 0.333. The number of para-hydroxylation sites is 1. The number of hydrogen-bond acceptors (Lipinski definition) is 2. The number of ether oxygens (including phenoxy) is 1. The monoisotopic (exact) mass is 301 g/mol. The highest BCUT2D eigenvalue weighted by Gasteiger charge is 2.30. The smallest absolute Gasteiger partial charge is 0.122 e. The van der Waals surface area contributed by atoms with Gasteiger partial charge in [0, 0.05) is 17.0 Å². The Bertz CT molecular complexity index is 614. The predicted molar refractivity (Wildman–Crippen MR) is 87.2 cm³/mol. The van der Waals surface area contributed by atoms with Gasteiger partial charge in [-0.2, -0.15) is 0 Å². The van der Waals surface area contributed by atoms with Crippen molar-refractivity contribution in [2.75, 3.05) is 13.2 Å². The number of benzene rings is 2. The van der Waals surface area contributed by atoms with E-state index in [0.29, 0.717) is 5.92 Å². The summed E-state index contributed by atoms with van der Waals surface area (Å²) in [4.78, 5) is 0. The van der Waals surface area contributed by atoms with Crippen molar-refractivity contribution < 1.29 is 4.74 Å². The minimum atomic E-state index is 0.216. The van der Waals surface area contributed by atoms with Gasteiger partial charge in [0.15, 0.2) is 0 Å². The van der Waals surface area contributed by atoms with E-state index >= 15 is 0 Å². The van der Waals surface area contributed by atoms with E-state index in [4.69, 9.17) is 16.3 Å². The van der Waals surface area contributed by atoms with Gasteiger partial charge in [-0.25, -0.2) is 0 Å². The molecule has 0 amide bonds. The van der Waals surface area contributed by atoms with Crippen molar-refractivity contribution in [3.8, 4) is 5.75 Å². The van der Waals surface area contributed by atoms with Crippen LogP contribution in [0.1, 0.15) is 36.4 Å². The van der Waals surface area contributed by atoms with Crippen LogP contribution in [0.2, 0.25) is 5.02 Å². The van der Waals surface area contributed by atoms with Gasteiger partial charge in [-0.15, -0.1) is 0 Å². The Balaban J connectivity index is 2.01. The molecule has 2 nitrogen and oxygen atoms in total. The number of halogens is 1. The maximum Gasteiger partial charge on any atom is 0.122 e. The van der Waals surface area contributed by atoms with Gasteiger partial charge in [0.2, 0.25) is 0 Å². The molecule has 1 aliphatic rings.